The second-order valence-corrected chi connectivity index (χ2v) is 5.09. The Hall–Kier alpha value is -1.07. The molecule has 3 nitrogen and oxygen atoms in total. The van der Waals surface area contributed by atoms with E-state index in [1.54, 1.807) is 6.92 Å². The first-order chi connectivity index (χ1) is 7.66. The Bertz CT molecular complexity index is 524. The number of aromatic nitrogens is 2. The highest BCUT2D eigenvalue weighted by molar-refractivity contribution is 9.10. The summed E-state index contributed by atoms with van der Waals surface area (Å²) in [7, 11) is 0. The molecule has 0 fully saturated rings. The number of Topliss-reactive ketones (excluding diaryl/α,β-unsaturated/α-hetero) is 1. The summed E-state index contributed by atoms with van der Waals surface area (Å²) in [6.07, 6.45) is 0.393. The van der Waals surface area contributed by atoms with E-state index in [-0.39, 0.29) is 5.78 Å². The second kappa shape index (κ2) is 4.84. The molecule has 1 aromatic carbocycles. The molecule has 0 saturated heterocycles. The van der Waals surface area contributed by atoms with Crippen LogP contribution >= 0.6 is 27.5 Å². The van der Waals surface area contributed by atoms with Gasteiger partial charge in [0.2, 0.25) is 0 Å². The largest absolute Gasteiger partial charge is 0.293 e. The van der Waals surface area contributed by atoms with Gasteiger partial charge >= 0.3 is 0 Å². The van der Waals surface area contributed by atoms with Crippen LogP contribution in [-0.2, 0) is 6.42 Å². The van der Waals surface area contributed by atoms with Crippen LogP contribution < -0.4 is 0 Å². The fourth-order valence-corrected chi connectivity index (χ4v) is 2.44. The van der Waals surface area contributed by atoms with Crippen LogP contribution in [0.3, 0.4) is 0 Å². The molecular formula is C11H9BrN2OS. The van der Waals surface area contributed by atoms with Gasteiger partial charge in [0, 0.05) is 10.9 Å². The van der Waals surface area contributed by atoms with E-state index in [4.69, 9.17) is 0 Å². The van der Waals surface area contributed by atoms with E-state index in [2.05, 4.69) is 25.5 Å². The lowest BCUT2D eigenvalue weighted by Crippen LogP contribution is -2.03. The van der Waals surface area contributed by atoms with Crippen molar-refractivity contribution in [1.29, 1.82) is 0 Å². The van der Waals surface area contributed by atoms with Crippen molar-refractivity contribution in [3.8, 4) is 0 Å². The summed E-state index contributed by atoms with van der Waals surface area (Å²) in [5.74, 6) is 0.0746. The third-order valence-corrected chi connectivity index (χ3v) is 3.52. The zero-order valence-corrected chi connectivity index (χ0v) is 11.0. The van der Waals surface area contributed by atoms with Crippen LogP contribution in [-0.4, -0.2) is 15.4 Å². The average molecular weight is 297 g/mol. The highest BCUT2D eigenvalue weighted by Gasteiger charge is 2.13. The van der Waals surface area contributed by atoms with Gasteiger partial charge in [0.05, 0.1) is 5.69 Å². The van der Waals surface area contributed by atoms with Gasteiger partial charge in [-0.25, -0.2) is 0 Å². The lowest BCUT2D eigenvalue weighted by Gasteiger charge is -2.00. The number of ketones is 1. The number of rotatable bonds is 3. The Labute approximate surface area is 106 Å². The van der Waals surface area contributed by atoms with Gasteiger partial charge in [-0.05, 0) is 36.2 Å². The molecule has 1 heterocycles. The van der Waals surface area contributed by atoms with E-state index in [0.717, 1.165) is 21.6 Å². The van der Waals surface area contributed by atoms with E-state index < -0.39 is 0 Å². The lowest BCUT2D eigenvalue weighted by atomic mass is 10.1. The third-order valence-electron chi connectivity index (χ3n) is 2.16. The van der Waals surface area contributed by atoms with Crippen LogP contribution in [0.25, 0.3) is 0 Å². The molecule has 0 unspecified atom stereocenters. The van der Waals surface area contributed by atoms with Crippen molar-refractivity contribution in [2.24, 2.45) is 0 Å². The van der Waals surface area contributed by atoms with Crippen molar-refractivity contribution in [2.45, 2.75) is 13.3 Å². The second-order valence-electron chi connectivity index (χ2n) is 3.42. The summed E-state index contributed by atoms with van der Waals surface area (Å²) in [5, 5.41) is 3.84. The van der Waals surface area contributed by atoms with Crippen molar-refractivity contribution in [2.75, 3.05) is 0 Å². The SMILES string of the molecule is Cc1nnsc1C(=O)Cc1cccc(Br)c1. The molecule has 0 aliphatic rings. The summed E-state index contributed by atoms with van der Waals surface area (Å²) in [5.41, 5.74) is 1.71. The minimum atomic E-state index is 0.0746. The highest BCUT2D eigenvalue weighted by Crippen LogP contribution is 2.16. The van der Waals surface area contributed by atoms with Crippen molar-refractivity contribution in [3.63, 3.8) is 0 Å². The molecule has 0 N–H and O–H groups in total. The molecule has 1 aromatic heterocycles. The zero-order valence-electron chi connectivity index (χ0n) is 8.61. The minimum absolute atomic E-state index is 0.0746. The number of nitrogens with zero attached hydrogens (tertiary/aromatic N) is 2. The highest BCUT2D eigenvalue weighted by atomic mass is 79.9. The number of hydrogen-bond donors (Lipinski definition) is 0. The Kier molecular flexibility index (Phi) is 3.46. The van der Waals surface area contributed by atoms with Gasteiger partial charge in [-0.2, -0.15) is 0 Å². The van der Waals surface area contributed by atoms with Gasteiger partial charge < -0.3 is 0 Å². The van der Waals surface area contributed by atoms with E-state index >= 15 is 0 Å². The Balaban J connectivity index is 2.17. The number of aryl methyl sites for hydroxylation is 1. The fourth-order valence-electron chi connectivity index (χ4n) is 1.40. The molecule has 0 aliphatic heterocycles. The monoisotopic (exact) mass is 296 g/mol. The predicted molar refractivity (Wildman–Crippen MR) is 66.8 cm³/mol. The van der Waals surface area contributed by atoms with E-state index in [1.165, 1.54) is 0 Å². The molecule has 16 heavy (non-hydrogen) atoms. The summed E-state index contributed by atoms with van der Waals surface area (Å²) in [4.78, 5) is 12.6. The van der Waals surface area contributed by atoms with Crippen LogP contribution in [0.4, 0.5) is 0 Å². The zero-order chi connectivity index (χ0) is 11.5. The Morgan fingerprint density at radius 2 is 2.31 bits per heavy atom. The Morgan fingerprint density at radius 1 is 1.50 bits per heavy atom. The van der Waals surface area contributed by atoms with Gasteiger partial charge in [0.15, 0.2) is 5.78 Å². The standard InChI is InChI=1S/C11H9BrN2OS/c1-7-11(16-14-13-7)10(15)6-8-3-2-4-9(12)5-8/h2-5H,6H2,1H3. The lowest BCUT2D eigenvalue weighted by molar-refractivity contribution is 0.0996. The molecule has 0 radical (unpaired) electrons. The van der Waals surface area contributed by atoms with Crippen molar-refractivity contribution in [3.05, 3.63) is 44.9 Å². The number of carbonyl (C=O) groups excluding carboxylic acids is 1. The molecule has 0 spiro atoms. The van der Waals surface area contributed by atoms with Crippen molar-refractivity contribution < 1.29 is 4.79 Å². The molecule has 0 aliphatic carbocycles. The number of benzene rings is 1. The van der Waals surface area contributed by atoms with Crippen molar-refractivity contribution in [1.82, 2.24) is 9.59 Å². The topological polar surface area (TPSA) is 42.9 Å². The summed E-state index contributed by atoms with van der Waals surface area (Å²) in [6.45, 7) is 1.80. The molecule has 5 heteroatoms. The van der Waals surface area contributed by atoms with Crippen LogP contribution in [0.15, 0.2) is 28.7 Å². The number of halogens is 1. The van der Waals surface area contributed by atoms with Gasteiger partial charge in [-0.3, -0.25) is 4.79 Å². The molecule has 0 saturated carbocycles. The van der Waals surface area contributed by atoms with Crippen LogP contribution in [0.1, 0.15) is 20.9 Å². The van der Waals surface area contributed by atoms with E-state index in [0.29, 0.717) is 17.0 Å². The van der Waals surface area contributed by atoms with Gasteiger partial charge in [0.25, 0.3) is 0 Å². The summed E-state index contributed by atoms with van der Waals surface area (Å²) >= 11 is 4.54. The molecule has 0 bridgehead atoms. The van der Waals surface area contributed by atoms with Gasteiger partial charge in [-0.1, -0.05) is 32.6 Å². The smallest absolute Gasteiger partial charge is 0.180 e. The first-order valence-electron chi connectivity index (χ1n) is 4.73. The maximum absolute atomic E-state index is 11.9. The number of carbonyl (C=O) groups is 1. The first kappa shape index (κ1) is 11.4. The fraction of sp³-hybridized carbons (Fsp3) is 0.182. The van der Waals surface area contributed by atoms with Crippen LogP contribution in [0.2, 0.25) is 0 Å². The quantitative estimate of drug-likeness (QED) is 0.818. The summed E-state index contributed by atoms with van der Waals surface area (Å²) in [6, 6.07) is 7.74. The molecular weight excluding hydrogens is 288 g/mol. The molecule has 0 atom stereocenters. The van der Waals surface area contributed by atoms with Crippen LogP contribution in [0.5, 0.6) is 0 Å². The Morgan fingerprint density at radius 3 is 2.94 bits per heavy atom. The van der Waals surface area contributed by atoms with Crippen LogP contribution in [0, 0.1) is 6.92 Å². The minimum Gasteiger partial charge on any atom is -0.293 e. The summed E-state index contributed by atoms with van der Waals surface area (Å²) < 4.78 is 4.75. The average Bonchev–Trinajstić information content (AvgIpc) is 2.64. The maximum atomic E-state index is 11.9. The van der Waals surface area contributed by atoms with Gasteiger partial charge in [-0.15, -0.1) is 5.10 Å². The number of hydrogen-bond acceptors (Lipinski definition) is 4. The first-order valence-corrected chi connectivity index (χ1v) is 6.30. The normalized spacial score (nSPS) is 10.4. The maximum Gasteiger partial charge on any atom is 0.180 e. The van der Waals surface area contributed by atoms with E-state index in [1.807, 2.05) is 24.3 Å². The third kappa shape index (κ3) is 2.54. The van der Waals surface area contributed by atoms with Crippen molar-refractivity contribution >= 4 is 33.2 Å². The van der Waals surface area contributed by atoms with E-state index in [9.17, 15) is 4.79 Å². The van der Waals surface area contributed by atoms with Gasteiger partial charge in [0.1, 0.15) is 4.88 Å². The molecule has 2 aromatic rings. The molecule has 0 amide bonds. The molecule has 2 rings (SSSR count). The predicted octanol–water partition coefficient (Wildman–Crippen LogP) is 3.03. The molecule has 82 valence electrons.